The highest BCUT2D eigenvalue weighted by atomic mass is 19.1. The van der Waals surface area contributed by atoms with Crippen LogP contribution in [-0.2, 0) is 14.4 Å². The first-order chi connectivity index (χ1) is 52.4. The fraction of sp³-hybridized carbons (Fsp3) is 0.0909. The number of H-pyrrole nitrogens is 6. The number of anilines is 3. The summed E-state index contributed by atoms with van der Waals surface area (Å²) in [4.78, 5) is 108. The summed E-state index contributed by atoms with van der Waals surface area (Å²) in [5.74, 6) is 1.09. The van der Waals surface area contributed by atoms with E-state index in [4.69, 9.17) is 15.0 Å². The van der Waals surface area contributed by atoms with E-state index >= 15 is 0 Å². The molecule has 0 bridgehead atoms. The molecule has 9 N–H and O–H groups in total. The molecule has 17 aromatic heterocycles. The Morgan fingerprint density at radius 2 is 0.785 bits per heavy atom. The van der Waals surface area contributed by atoms with Crippen LogP contribution in [-0.4, -0.2) is 133 Å². The first-order valence-corrected chi connectivity index (χ1v) is 33.7. The third-order valence-electron chi connectivity index (χ3n) is 17.5. The van der Waals surface area contributed by atoms with Crippen LogP contribution in [0.5, 0.6) is 0 Å². The highest BCUT2D eigenvalue weighted by Gasteiger charge is 2.22. The van der Waals surface area contributed by atoms with Crippen LogP contribution in [0.25, 0.3) is 168 Å². The van der Waals surface area contributed by atoms with E-state index in [1.807, 2.05) is 74.5 Å². The molecule has 1 aromatic carbocycles. The number of hydrogen-bond donors (Lipinski definition) is 9. The molecule has 18 rings (SSSR count). The lowest BCUT2D eigenvalue weighted by Gasteiger charge is -2.09. The van der Waals surface area contributed by atoms with E-state index in [9.17, 15) is 18.8 Å². The maximum atomic E-state index is 14.5. The van der Waals surface area contributed by atoms with Crippen molar-refractivity contribution in [1.29, 1.82) is 0 Å². The van der Waals surface area contributed by atoms with Crippen molar-refractivity contribution >= 4 is 101 Å². The van der Waals surface area contributed by atoms with Gasteiger partial charge in [0.25, 0.3) is 0 Å². The van der Waals surface area contributed by atoms with Crippen LogP contribution in [0.15, 0.2) is 203 Å². The number of imidazole rings is 3. The molecule has 0 fully saturated rings. The highest BCUT2D eigenvalue weighted by molar-refractivity contribution is 6.01. The zero-order valence-corrected chi connectivity index (χ0v) is 57.2. The Morgan fingerprint density at radius 1 is 0.383 bits per heavy atom. The standard InChI is InChI=1S/C26H19FN8O.C26H21N9O.C25H19N9O/c1-2-22(36)31-16-7-14(9-28-11-16)15-8-18-24(34-35-25(18)30-10-15)26-32-21-13-29-12-19(23(21)33-26)17-5-3-4-6-20(17)27;1-14(2)26(36)31-18-6-16(9-28-11-18)17-7-19-23(34-35-24(19)30-10-17)25-32-21-13-29-12-20(22(21)33-25)15-4-3-5-27-8-15;1-2-21(35)30-17-7-15(9-27-11-17)16-8-18-23(33-34-24(18)29-10-16)25-31-20-13-28-12-19(22(20)32-25)14-3-5-26-6-4-14/h3-13H,2H2,1H3,(H,31,36)(H,32,33)(H,30,34,35);3-14H,1-2H3,(H,31,36)(H,32,33)(H,30,34,35);3-13H,2H2,1H3,(H,30,35)(H,31,32)(H,29,33,34). The molecule has 0 aliphatic rings. The normalized spacial score (nSPS) is 11.3. The first-order valence-electron chi connectivity index (χ1n) is 33.7. The fourth-order valence-electron chi connectivity index (χ4n) is 12.0. The molecule has 0 saturated carbocycles. The monoisotopic (exact) mass is 1410 g/mol. The second kappa shape index (κ2) is 28.8. The van der Waals surface area contributed by atoms with Gasteiger partial charge >= 0.3 is 0 Å². The Kier molecular flexibility index (Phi) is 17.9. The SMILES string of the molecule is CC(C)C(=O)Nc1cncc(-c2cnc3n[nH]c(-c4nc5c(-c6cccnc6)cncc5[nH]4)c3c2)c1.CCC(=O)Nc1cncc(-c2cnc3n[nH]c(-c4nc5c(-c6ccccc6F)cncc5[nH]4)c3c2)c1.CCC(=O)Nc1cncc(-c2cnc3n[nH]c(-c4nc5c(-c6ccncc6)cncc5[nH]4)c3c2)c1. The molecule has 18 aromatic rings. The van der Waals surface area contributed by atoms with Crippen LogP contribution >= 0.6 is 0 Å². The molecule has 0 atom stereocenters. The first kappa shape index (κ1) is 66.6. The molecule has 0 aliphatic carbocycles. The molecule has 0 radical (unpaired) electrons. The smallest absolute Gasteiger partial charge is 0.226 e. The Balaban J connectivity index is 0.000000123. The largest absolute Gasteiger partial charge is 0.335 e. The summed E-state index contributed by atoms with van der Waals surface area (Å²) in [6.07, 6.45) is 33.3. The van der Waals surface area contributed by atoms with Gasteiger partial charge < -0.3 is 30.9 Å². The maximum Gasteiger partial charge on any atom is 0.226 e. The van der Waals surface area contributed by atoms with Gasteiger partial charge in [0.15, 0.2) is 34.4 Å². The van der Waals surface area contributed by atoms with Gasteiger partial charge in [-0.05, 0) is 66.2 Å². The third-order valence-corrected chi connectivity index (χ3v) is 17.5. The van der Waals surface area contributed by atoms with Gasteiger partial charge in [-0.15, -0.1) is 0 Å². The lowest BCUT2D eigenvalue weighted by molar-refractivity contribution is -0.119. The third kappa shape index (κ3) is 13.6. The van der Waals surface area contributed by atoms with E-state index in [-0.39, 0.29) is 29.5 Å². The molecule has 0 saturated heterocycles. The minimum Gasteiger partial charge on any atom is -0.335 e. The van der Waals surface area contributed by atoms with Gasteiger partial charge in [0.1, 0.15) is 33.9 Å². The van der Waals surface area contributed by atoms with Crippen molar-refractivity contribution < 1.29 is 18.8 Å². The molecule has 29 nitrogen and oxygen atoms in total. The van der Waals surface area contributed by atoms with E-state index in [0.29, 0.717) is 97.9 Å². The summed E-state index contributed by atoms with van der Waals surface area (Å²) < 4.78 is 14.5. The number of carbonyl (C=O) groups is 3. The molecular formula is C77H59FN26O3. The van der Waals surface area contributed by atoms with Crippen molar-refractivity contribution in [1.82, 2.24) is 115 Å². The summed E-state index contributed by atoms with van der Waals surface area (Å²) in [6, 6.07) is 25.8. The van der Waals surface area contributed by atoms with Crippen molar-refractivity contribution in [2.24, 2.45) is 5.92 Å². The Hall–Kier alpha value is -15.0. The van der Waals surface area contributed by atoms with E-state index in [2.05, 4.69) is 116 Å². The van der Waals surface area contributed by atoms with Gasteiger partial charge in [-0.3, -0.25) is 69.6 Å². The van der Waals surface area contributed by atoms with Crippen molar-refractivity contribution in [3.8, 4) is 101 Å². The van der Waals surface area contributed by atoms with Gasteiger partial charge in [0.05, 0.1) is 92.5 Å². The topological polar surface area (TPSA) is 401 Å². The van der Waals surface area contributed by atoms with E-state index in [1.54, 1.807) is 150 Å². The summed E-state index contributed by atoms with van der Waals surface area (Å²) in [7, 11) is 0. The summed E-state index contributed by atoms with van der Waals surface area (Å²) >= 11 is 0. The molecule has 0 unspecified atom stereocenters. The lowest BCUT2D eigenvalue weighted by atomic mass is 10.1. The second-order valence-corrected chi connectivity index (χ2v) is 24.9. The van der Waals surface area contributed by atoms with E-state index in [1.165, 1.54) is 6.07 Å². The number of halogens is 1. The van der Waals surface area contributed by atoms with Crippen molar-refractivity contribution in [3.63, 3.8) is 0 Å². The number of hydrogen-bond acceptors (Lipinski definition) is 20. The number of rotatable bonds is 15. The zero-order valence-electron chi connectivity index (χ0n) is 57.2. The highest BCUT2D eigenvalue weighted by Crippen LogP contribution is 2.37. The van der Waals surface area contributed by atoms with Gasteiger partial charge in [0.2, 0.25) is 17.7 Å². The fourth-order valence-corrected chi connectivity index (χ4v) is 12.0. The maximum absolute atomic E-state index is 14.5. The van der Waals surface area contributed by atoms with Crippen LogP contribution < -0.4 is 16.0 Å². The van der Waals surface area contributed by atoms with Crippen LogP contribution in [0, 0.1) is 11.7 Å². The minimum absolute atomic E-state index is 0.0651. The number of carbonyl (C=O) groups excluding carboxylic acids is 3. The molecule has 17 heterocycles. The number of fused-ring (bicyclic) bond motifs is 6. The molecule has 3 amide bonds. The molecule has 30 heteroatoms. The minimum atomic E-state index is -0.344. The Bertz CT molecular complexity index is 6380. The molecule has 0 spiro atoms. The lowest BCUT2D eigenvalue weighted by Crippen LogP contribution is -2.17. The number of aromatic amines is 6. The number of nitrogens with one attached hydrogen (secondary N) is 9. The van der Waals surface area contributed by atoms with Crippen LogP contribution in [0.1, 0.15) is 40.5 Å². The van der Waals surface area contributed by atoms with Gasteiger partial charge in [0, 0.05) is 161 Å². The predicted molar refractivity (Wildman–Crippen MR) is 403 cm³/mol. The van der Waals surface area contributed by atoms with Crippen LogP contribution in [0.2, 0.25) is 0 Å². The molecule has 522 valence electrons. The van der Waals surface area contributed by atoms with E-state index in [0.717, 1.165) is 99.6 Å². The van der Waals surface area contributed by atoms with E-state index < -0.39 is 0 Å². The molecule has 0 aliphatic heterocycles. The Labute approximate surface area is 604 Å². The number of benzene rings is 1. The average Bonchev–Trinajstić information content (AvgIpc) is 0.832. The second-order valence-electron chi connectivity index (χ2n) is 24.9. The van der Waals surface area contributed by atoms with Crippen molar-refractivity contribution in [2.75, 3.05) is 16.0 Å². The van der Waals surface area contributed by atoms with Crippen LogP contribution in [0.4, 0.5) is 21.5 Å². The molecule has 107 heavy (non-hydrogen) atoms. The zero-order chi connectivity index (χ0) is 73.1. The average molecular weight is 1420 g/mol. The van der Waals surface area contributed by atoms with Crippen LogP contribution in [0.3, 0.4) is 0 Å². The number of pyridine rings is 11. The predicted octanol–water partition coefficient (Wildman–Crippen LogP) is 14.1. The van der Waals surface area contributed by atoms with Crippen molar-refractivity contribution in [2.45, 2.75) is 40.5 Å². The van der Waals surface area contributed by atoms with Crippen molar-refractivity contribution in [3.05, 3.63) is 208 Å². The van der Waals surface area contributed by atoms with Gasteiger partial charge in [-0.1, -0.05) is 52.0 Å². The number of nitrogens with zero attached hydrogens (tertiary/aromatic N) is 17. The summed E-state index contributed by atoms with van der Waals surface area (Å²) in [5, 5.41) is 33.1. The quantitative estimate of drug-likeness (QED) is 0.0460. The number of aromatic nitrogens is 23. The summed E-state index contributed by atoms with van der Waals surface area (Å²) in [6.45, 7) is 7.29. The molecular weight excluding hydrogens is 1360 g/mol. The van der Waals surface area contributed by atoms with Gasteiger partial charge in [-0.2, -0.15) is 15.3 Å². The number of amides is 3. The summed E-state index contributed by atoms with van der Waals surface area (Å²) in [5.41, 5.74) is 19.7. The Morgan fingerprint density at radius 3 is 1.21 bits per heavy atom. The van der Waals surface area contributed by atoms with Gasteiger partial charge in [-0.25, -0.2) is 34.3 Å².